The first-order valence-corrected chi connectivity index (χ1v) is 15.8. The number of hydrogen-bond donors (Lipinski definition) is 3. The molecule has 0 saturated carbocycles. The highest BCUT2D eigenvalue weighted by molar-refractivity contribution is 5.79. The van der Waals surface area contributed by atoms with Crippen LogP contribution in [-0.4, -0.2) is 36.4 Å². The van der Waals surface area contributed by atoms with Crippen molar-refractivity contribution in [2.75, 3.05) is 13.2 Å². The van der Waals surface area contributed by atoms with Gasteiger partial charge in [0, 0.05) is 0 Å². The van der Waals surface area contributed by atoms with E-state index in [0.717, 1.165) is 31.1 Å². The van der Waals surface area contributed by atoms with Crippen LogP contribution in [0.25, 0.3) is 0 Å². The Hall–Kier alpha value is -1.30. The SMILES string of the molecule is CCCCCCCCCC(CCCCOC(=O)NC(CCCCN)C(=O)O)C(C)CCCCCCCC. The number of rotatable bonds is 27. The van der Waals surface area contributed by atoms with E-state index >= 15 is 0 Å². The van der Waals surface area contributed by atoms with Crippen LogP contribution < -0.4 is 11.1 Å². The number of nitrogens with one attached hydrogen (secondary N) is 1. The van der Waals surface area contributed by atoms with Crippen LogP contribution in [0, 0.1) is 11.8 Å². The Morgan fingerprint density at radius 2 is 1.19 bits per heavy atom. The van der Waals surface area contributed by atoms with E-state index in [9.17, 15) is 14.7 Å². The summed E-state index contributed by atoms with van der Waals surface area (Å²) in [5, 5.41) is 11.8. The molecule has 0 spiro atoms. The standard InChI is InChI=1S/C31H62N2O4/c1-4-6-8-10-12-14-16-22-28(27(3)21-15-13-11-9-7-5-2)23-18-20-26-37-31(36)33-29(30(34)35)24-17-19-25-32/h27-29H,4-26,32H2,1-3H3,(H,33,36)(H,34,35). The second kappa shape index (κ2) is 26.3. The fraction of sp³-hybridized carbons (Fsp3) is 0.935. The maximum atomic E-state index is 12.1. The average molecular weight is 527 g/mol. The molecule has 0 radical (unpaired) electrons. The van der Waals surface area contributed by atoms with E-state index in [-0.39, 0.29) is 0 Å². The lowest BCUT2D eigenvalue weighted by atomic mass is 9.82. The van der Waals surface area contributed by atoms with Crippen molar-refractivity contribution >= 4 is 12.1 Å². The fourth-order valence-electron chi connectivity index (χ4n) is 5.17. The van der Waals surface area contributed by atoms with E-state index in [4.69, 9.17) is 10.5 Å². The average Bonchev–Trinajstić information content (AvgIpc) is 2.88. The number of carbonyl (C=O) groups excluding carboxylic acids is 1. The predicted octanol–water partition coefficient (Wildman–Crippen LogP) is 8.61. The van der Waals surface area contributed by atoms with Crippen LogP contribution in [-0.2, 0) is 9.53 Å². The van der Waals surface area contributed by atoms with Crippen molar-refractivity contribution in [2.24, 2.45) is 17.6 Å². The quantitative estimate of drug-likeness (QED) is 0.0930. The van der Waals surface area contributed by atoms with Gasteiger partial charge in [0.2, 0.25) is 0 Å². The first kappa shape index (κ1) is 35.7. The third-order valence-electron chi connectivity index (χ3n) is 7.74. The van der Waals surface area contributed by atoms with Crippen LogP contribution >= 0.6 is 0 Å². The topological polar surface area (TPSA) is 102 Å². The molecule has 0 aliphatic rings. The maximum Gasteiger partial charge on any atom is 0.407 e. The molecule has 6 heteroatoms. The van der Waals surface area contributed by atoms with Crippen LogP contribution in [0.15, 0.2) is 0 Å². The van der Waals surface area contributed by atoms with Gasteiger partial charge >= 0.3 is 12.1 Å². The Balaban J connectivity index is 4.34. The summed E-state index contributed by atoms with van der Waals surface area (Å²) in [5.41, 5.74) is 5.47. The molecular weight excluding hydrogens is 464 g/mol. The van der Waals surface area contributed by atoms with Crippen molar-refractivity contribution in [1.29, 1.82) is 0 Å². The number of carbonyl (C=O) groups is 2. The van der Waals surface area contributed by atoms with Gasteiger partial charge in [-0.3, -0.25) is 0 Å². The lowest BCUT2D eigenvalue weighted by Gasteiger charge is -2.24. The summed E-state index contributed by atoms with van der Waals surface area (Å²) in [4.78, 5) is 23.4. The van der Waals surface area contributed by atoms with Gasteiger partial charge in [0.15, 0.2) is 0 Å². The van der Waals surface area contributed by atoms with Crippen molar-refractivity contribution in [3.8, 4) is 0 Å². The molecule has 6 nitrogen and oxygen atoms in total. The fourth-order valence-corrected chi connectivity index (χ4v) is 5.17. The Kier molecular flexibility index (Phi) is 25.4. The molecule has 3 atom stereocenters. The molecule has 0 aromatic carbocycles. The summed E-state index contributed by atoms with van der Waals surface area (Å²) < 4.78 is 5.29. The molecular formula is C31H62N2O4. The normalized spacial score (nSPS) is 13.7. The molecule has 1 amide bonds. The molecule has 0 aromatic heterocycles. The Labute approximate surface area is 229 Å². The lowest BCUT2D eigenvalue weighted by molar-refractivity contribution is -0.139. The van der Waals surface area contributed by atoms with Crippen molar-refractivity contribution in [1.82, 2.24) is 5.32 Å². The molecule has 0 rings (SSSR count). The smallest absolute Gasteiger partial charge is 0.407 e. The Morgan fingerprint density at radius 3 is 1.73 bits per heavy atom. The van der Waals surface area contributed by atoms with Crippen molar-refractivity contribution < 1.29 is 19.4 Å². The summed E-state index contributed by atoms with van der Waals surface area (Å²) in [6.45, 7) is 7.85. The summed E-state index contributed by atoms with van der Waals surface area (Å²) in [6.07, 6.45) is 24.5. The van der Waals surface area contributed by atoms with E-state index in [1.54, 1.807) is 0 Å². The summed E-state index contributed by atoms with van der Waals surface area (Å²) >= 11 is 0. The number of amides is 1. The molecule has 0 aliphatic carbocycles. The zero-order valence-corrected chi connectivity index (χ0v) is 24.7. The van der Waals surface area contributed by atoms with Gasteiger partial charge in [-0.2, -0.15) is 0 Å². The summed E-state index contributed by atoms with van der Waals surface area (Å²) in [5.74, 6) is 0.473. The highest BCUT2D eigenvalue weighted by atomic mass is 16.5. The number of hydrogen-bond acceptors (Lipinski definition) is 4. The van der Waals surface area contributed by atoms with Gasteiger partial charge in [0.05, 0.1) is 6.61 Å². The minimum atomic E-state index is -1.03. The van der Waals surface area contributed by atoms with E-state index < -0.39 is 18.1 Å². The van der Waals surface area contributed by atoms with Crippen LogP contribution in [0.4, 0.5) is 4.79 Å². The van der Waals surface area contributed by atoms with Crippen LogP contribution in [0.1, 0.15) is 156 Å². The van der Waals surface area contributed by atoms with Gasteiger partial charge in [0.1, 0.15) is 6.04 Å². The number of nitrogens with two attached hydrogens (primary N) is 1. The number of unbranched alkanes of at least 4 members (excludes halogenated alkanes) is 13. The van der Waals surface area contributed by atoms with Gasteiger partial charge < -0.3 is 20.9 Å². The number of ether oxygens (including phenoxy) is 1. The van der Waals surface area contributed by atoms with Gasteiger partial charge in [-0.1, -0.05) is 124 Å². The van der Waals surface area contributed by atoms with E-state index in [1.165, 1.54) is 103 Å². The zero-order valence-electron chi connectivity index (χ0n) is 24.7. The minimum absolute atomic E-state index is 0.344. The third-order valence-corrected chi connectivity index (χ3v) is 7.74. The highest BCUT2D eigenvalue weighted by Gasteiger charge is 2.20. The van der Waals surface area contributed by atoms with Gasteiger partial charge in [-0.15, -0.1) is 0 Å². The molecule has 0 aliphatic heterocycles. The van der Waals surface area contributed by atoms with Crippen molar-refractivity contribution in [3.63, 3.8) is 0 Å². The first-order valence-electron chi connectivity index (χ1n) is 15.8. The molecule has 0 saturated heterocycles. The second-order valence-electron chi connectivity index (χ2n) is 11.2. The number of alkyl carbamates (subject to hydrolysis) is 1. The lowest BCUT2D eigenvalue weighted by Crippen LogP contribution is -2.41. The largest absolute Gasteiger partial charge is 0.480 e. The first-order chi connectivity index (χ1) is 18.0. The van der Waals surface area contributed by atoms with Crippen LogP contribution in [0.3, 0.4) is 0 Å². The van der Waals surface area contributed by atoms with Gasteiger partial charge in [-0.25, -0.2) is 9.59 Å². The van der Waals surface area contributed by atoms with Crippen LogP contribution in [0.5, 0.6) is 0 Å². The molecule has 0 aromatic rings. The molecule has 37 heavy (non-hydrogen) atoms. The van der Waals surface area contributed by atoms with E-state index in [1.807, 2.05) is 0 Å². The van der Waals surface area contributed by atoms with E-state index in [0.29, 0.717) is 26.0 Å². The van der Waals surface area contributed by atoms with Crippen molar-refractivity contribution in [3.05, 3.63) is 0 Å². The van der Waals surface area contributed by atoms with Crippen LogP contribution in [0.2, 0.25) is 0 Å². The Bertz CT molecular complexity index is 529. The third kappa shape index (κ3) is 22.4. The second-order valence-corrected chi connectivity index (χ2v) is 11.2. The predicted molar refractivity (Wildman–Crippen MR) is 156 cm³/mol. The van der Waals surface area contributed by atoms with E-state index in [2.05, 4.69) is 26.1 Å². The maximum absolute atomic E-state index is 12.1. The number of carboxylic acids is 1. The van der Waals surface area contributed by atoms with Crippen molar-refractivity contribution in [2.45, 2.75) is 162 Å². The Morgan fingerprint density at radius 1 is 0.703 bits per heavy atom. The molecule has 0 heterocycles. The van der Waals surface area contributed by atoms with Gasteiger partial charge in [-0.05, 0) is 50.5 Å². The minimum Gasteiger partial charge on any atom is -0.480 e. The zero-order chi connectivity index (χ0) is 27.6. The highest BCUT2D eigenvalue weighted by Crippen LogP contribution is 2.29. The molecule has 220 valence electrons. The summed E-state index contributed by atoms with van der Waals surface area (Å²) in [6, 6.07) is -0.909. The number of aliphatic carboxylic acids is 1. The molecule has 0 bridgehead atoms. The molecule has 3 unspecified atom stereocenters. The number of carboxylic acid groups (broad SMARTS) is 1. The summed E-state index contributed by atoms with van der Waals surface area (Å²) in [7, 11) is 0. The van der Waals surface area contributed by atoms with Gasteiger partial charge in [0.25, 0.3) is 0 Å². The molecule has 4 N–H and O–H groups in total. The molecule has 0 fully saturated rings. The monoisotopic (exact) mass is 526 g/mol.